The Morgan fingerprint density at radius 3 is 2.59 bits per heavy atom. The molecule has 0 unspecified atom stereocenters. The lowest BCUT2D eigenvalue weighted by Gasteiger charge is -2.13. The Morgan fingerprint density at radius 1 is 1.03 bits per heavy atom. The number of carbonyl (C=O) groups is 1. The average molecular weight is 469 g/mol. The lowest BCUT2D eigenvalue weighted by molar-refractivity contribution is 0.102. The first-order valence-electron chi connectivity index (χ1n) is 9.36. The fraction of sp³-hybridized carbons (Fsp3) is 0.0476. The number of rotatable bonds is 6. The van der Waals surface area contributed by atoms with Gasteiger partial charge in [0, 0.05) is 11.3 Å². The van der Waals surface area contributed by atoms with Crippen LogP contribution in [0.4, 0.5) is 11.4 Å². The van der Waals surface area contributed by atoms with Crippen LogP contribution < -0.4 is 10.0 Å². The zero-order chi connectivity index (χ0) is 22.7. The van der Waals surface area contributed by atoms with Crippen LogP contribution in [-0.4, -0.2) is 34.5 Å². The highest BCUT2D eigenvalue weighted by Crippen LogP contribution is 2.27. The molecule has 0 spiro atoms. The summed E-state index contributed by atoms with van der Waals surface area (Å²) in [6.45, 7) is 1.67. The molecule has 3 aromatic carbocycles. The van der Waals surface area contributed by atoms with Crippen LogP contribution in [0.3, 0.4) is 0 Å². The van der Waals surface area contributed by atoms with E-state index in [9.17, 15) is 13.2 Å². The topological polar surface area (TPSA) is 119 Å². The highest BCUT2D eigenvalue weighted by molar-refractivity contribution is 7.92. The van der Waals surface area contributed by atoms with E-state index in [4.69, 9.17) is 11.6 Å². The predicted octanol–water partition coefficient (Wildman–Crippen LogP) is 3.68. The molecule has 0 radical (unpaired) electrons. The second-order valence-corrected chi connectivity index (χ2v) is 8.88. The van der Waals surface area contributed by atoms with E-state index in [1.54, 1.807) is 67.6 Å². The van der Waals surface area contributed by atoms with Gasteiger partial charge in [0.1, 0.15) is 6.33 Å². The number of aryl methyl sites for hydroxylation is 1. The number of nitrogens with one attached hydrogen (secondary N) is 2. The van der Waals surface area contributed by atoms with E-state index in [0.29, 0.717) is 22.5 Å². The van der Waals surface area contributed by atoms with Crippen molar-refractivity contribution >= 4 is 38.9 Å². The number of hydrogen-bond donors (Lipinski definition) is 2. The van der Waals surface area contributed by atoms with Crippen LogP contribution in [0.15, 0.2) is 78.0 Å². The van der Waals surface area contributed by atoms with E-state index in [0.717, 1.165) is 0 Å². The van der Waals surface area contributed by atoms with Gasteiger partial charge in [-0.25, -0.2) is 13.1 Å². The minimum atomic E-state index is -3.94. The maximum atomic E-state index is 13.0. The lowest BCUT2D eigenvalue weighted by Crippen LogP contribution is -2.16. The zero-order valence-corrected chi connectivity index (χ0v) is 18.3. The molecule has 9 nitrogen and oxygen atoms in total. The number of tetrazole rings is 1. The van der Waals surface area contributed by atoms with Gasteiger partial charge in [0.25, 0.3) is 15.9 Å². The number of carbonyl (C=O) groups excluding carboxylic acids is 1. The van der Waals surface area contributed by atoms with Gasteiger partial charge in [-0.15, -0.1) is 5.10 Å². The maximum Gasteiger partial charge on any atom is 0.262 e. The van der Waals surface area contributed by atoms with E-state index < -0.39 is 15.9 Å². The molecule has 0 saturated heterocycles. The van der Waals surface area contributed by atoms with Gasteiger partial charge >= 0.3 is 0 Å². The van der Waals surface area contributed by atoms with Crippen molar-refractivity contribution < 1.29 is 13.2 Å². The van der Waals surface area contributed by atoms with Gasteiger partial charge in [-0.2, -0.15) is 0 Å². The van der Waals surface area contributed by atoms with Gasteiger partial charge in [0.05, 0.1) is 21.3 Å². The van der Waals surface area contributed by atoms with Crippen LogP contribution in [-0.2, 0) is 10.0 Å². The third-order valence-electron chi connectivity index (χ3n) is 4.58. The Morgan fingerprint density at radius 2 is 1.84 bits per heavy atom. The molecule has 2 N–H and O–H groups in total. The van der Waals surface area contributed by atoms with Crippen molar-refractivity contribution in [3.8, 4) is 5.69 Å². The third-order valence-corrected chi connectivity index (χ3v) is 6.41. The van der Waals surface area contributed by atoms with Gasteiger partial charge in [0.2, 0.25) is 0 Å². The number of sulfonamides is 1. The summed E-state index contributed by atoms with van der Waals surface area (Å²) in [4.78, 5) is 12.8. The van der Waals surface area contributed by atoms with E-state index >= 15 is 0 Å². The first-order valence-corrected chi connectivity index (χ1v) is 11.2. The summed E-state index contributed by atoms with van der Waals surface area (Å²) in [6.07, 6.45) is 1.42. The molecule has 0 bridgehead atoms. The number of amides is 1. The minimum Gasteiger partial charge on any atom is -0.322 e. The molecule has 1 heterocycles. The van der Waals surface area contributed by atoms with Gasteiger partial charge in [-0.3, -0.25) is 9.52 Å². The molecule has 0 atom stereocenters. The van der Waals surface area contributed by atoms with Crippen molar-refractivity contribution in [2.75, 3.05) is 10.0 Å². The Bertz CT molecular complexity index is 1390. The summed E-state index contributed by atoms with van der Waals surface area (Å²) in [7, 11) is -3.94. The number of para-hydroxylation sites is 1. The molecule has 0 saturated carbocycles. The Balaban J connectivity index is 1.58. The molecule has 11 heteroatoms. The van der Waals surface area contributed by atoms with E-state index in [1.165, 1.54) is 17.1 Å². The number of anilines is 2. The van der Waals surface area contributed by atoms with Crippen LogP contribution in [0.1, 0.15) is 15.9 Å². The molecule has 0 aliphatic rings. The van der Waals surface area contributed by atoms with Crippen LogP contribution in [0.5, 0.6) is 0 Å². The fourth-order valence-corrected chi connectivity index (χ4v) is 4.57. The van der Waals surface area contributed by atoms with Gasteiger partial charge in [-0.1, -0.05) is 35.9 Å². The van der Waals surface area contributed by atoms with Crippen LogP contribution >= 0.6 is 11.6 Å². The number of nitrogens with zero attached hydrogens (tertiary/aromatic N) is 4. The van der Waals surface area contributed by atoms with E-state index in [2.05, 4.69) is 25.6 Å². The number of benzene rings is 3. The molecule has 4 aromatic rings. The molecule has 0 aliphatic carbocycles. The summed E-state index contributed by atoms with van der Waals surface area (Å²) in [6, 6.07) is 17.9. The van der Waals surface area contributed by atoms with Crippen LogP contribution in [0.25, 0.3) is 5.69 Å². The number of hydrogen-bond acceptors (Lipinski definition) is 6. The third kappa shape index (κ3) is 4.61. The number of aromatic nitrogens is 4. The summed E-state index contributed by atoms with van der Waals surface area (Å²) in [5.41, 5.74) is 2.08. The normalized spacial score (nSPS) is 11.2. The van der Waals surface area contributed by atoms with Crippen molar-refractivity contribution in [2.45, 2.75) is 11.8 Å². The lowest BCUT2D eigenvalue weighted by atomic mass is 10.1. The minimum absolute atomic E-state index is 0.0256. The smallest absolute Gasteiger partial charge is 0.262 e. The summed E-state index contributed by atoms with van der Waals surface area (Å²) >= 11 is 6.08. The van der Waals surface area contributed by atoms with Crippen molar-refractivity contribution in [1.82, 2.24) is 20.2 Å². The first kappa shape index (κ1) is 21.5. The standard InChI is InChI=1S/C21H17ClN6O3S/c1-14-9-10-16(12-20(14)32(30,31)25-19-8-3-2-7-18(19)22)24-21(29)15-5-4-6-17(11-15)28-13-23-26-27-28/h2-13,25H,1H3,(H,24,29). The van der Waals surface area contributed by atoms with Crippen LogP contribution in [0, 0.1) is 6.92 Å². The largest absolute Gasteiger partial charge is 0.322 e. The monoisotopic (exact) mass is 468 g/mol. The quantitative estimate of drug-likeness (QED) is 0.445. The zero-order valence-electron chi connectivity index (χ0n) is 16.7. The van der Waals surface area contributed by atoms with Gasteiger partial charge in [0.15, 0.2) is 0 Å². The van der Waals surface area contributed by atoms with Crippen molar-refractivity contribution in [3.05, 3.63) is 89.2 Å². The molecule has 1 aromatic heterocycles. The molecule has 32 heavy (non-hydrogen) atoms. The van der Waals surface area contributed by atoms with Gasteiger partial charge < -0.3 is 5.32 Å². The molecular formula is C21H17ClN6O3S. The highest BCUT2D eigenvalue weighted by Gasteiger charge is 2.19. The Kier molecular flexibility index (Phi) is 5.89. The molecular weight excluding hydrogens is 452 g/mol. The summed E-state index contributed by atoms with van der Waals surface area (Å²) < 4.78 is 29.8. The van der Waals surface area contributed by atoms with Crippen LogP contribution in [0.2, 0.25) is 5.02 Å². The Labute approximate surface area is 189 Å². The molecule has 0 aliphatic heterocycles. The summed E-state index contributed by atoms with van der Waals surface area (Å²) in [5.74, 6) is -0.411. The van der Waals surface area contributed by atoms with Crippen molar-refractivity contribution in [1.29, 1.82) is 0 Å². The average Bonchev–Trinajstić information content (AvgIpc) is 3.31. The summed E-state index contributed by atoms with van der Waals surface area (Å²) in [5, 5.41) is 14.0. The molecule has 4 rings (SSSR count). The Hall–Kier alpha value is -3.76. The fourth-order valence-electron chi connectivity index (χ4n) is 2.98. The first-order chi connectivity index (χ1) is 15.3. The number of halogens is 1. The van der Waals surface area contributed by atoms with E-state index in [1.807, 2.05) is 0 Å². The van der Waals surface area contributed by atoms with Gasteiger partial charge in [-0.05, 0) is 65.4 Å². The predicted molar refractivity (Wildman–Crippen MR) is 121 cm³/mol. The second kappa shape index (κ2) is 8.77. The molecule has 162 valence electrons. The second-order valence-electron chi connectivity index (χ2n) is 6.82. The van der Waals surface area contributed by atoms with Crippen molar-refractivity contribution in [2.24, 2.45) is 0 Å². The maximum absolute atomic E-state index is 13.0. The van der Waals surface area contributed by atoms with Crippen molar-refractivity contribution in [3.63, 3.8) is 0 Å². The highest BCUT2D eigenvalue weighted by atomic mass is 35.5. The SMILES string of the molecule is Cc1ccc(NC(=O)c2cccc(-n3cnnn3)c2)cc1S(=O)(=O)Nc1ccccc1Cl. The molecule has 0 fully saturated rings. The molecule has 1 amide bonds. The van der Waals surface area contributed by atoms with E-state index in [-0.39, 0.29) is 15.6 Å².